The zero-order chi connectivity index (χ0) is 17.9. The molecule has 1 fully saturated rings. The molecule has 5 heteroatoms. The van der Waals surface area contributed by atoms with Crippen molar-refractivity contribution in [1.29, 1.82) is 0 Å². The smallest absolute Gasteiger partial charge is 0.224 e. The highest BCUT2D eigenvalue weighted by atomic mass is 16.2. The molecule has 0 bridgehead atoms. The van der Waals surface area contributed by atoms with E-state index >= 15 is 0 Å². The fraction of sp³-hybridized carbons (Fsp3) is 0.286. The fourth-order valence-electron chi connectivity index (χ4n) is 3.48. The molecule has 4 rings (SSSR count). The summed E-state index contributed by atoms with van der Waals surface area (Å²) >= 11 is 0. The zero-order valence-corrected chi connectivity index (χ0v) is 14.9. The lowest BCUT2D eigenvalue weighted by Crippen LogP contribution is -2.41. The lowest BCUT2D eigenvalue weighted by molar-refractivity contribution is -0.129. The summed E-state index contributed by atoms with van der Waals surface area (Å²) in [7, 11) is 0. The molecule has 1 saturated heterocycles. The molecule has 0 aliphatic carbocycles. The third-order valence-electron chi connectivity index (χ3n) is 4.92. The molecular formula is C21H22N4O. The summed E-state index contributed by atoms with van der Waals surface area (Å²) in [4.78, 5) is 22.9. The number of nitrogens with zero attached hydrogens (tertiary/aromatic N) is 3. The van der Waals surface area contributed by atoms with E-state index in [0.717, 1.165) is 48.1 Å². The highest BCUT2D eigenvalue weighted by molar-refractivity contribution is 5.93. The Kier molecular flexibility index (Phi) is 4.52. The van der Waals surface area contributed by atoms with Crippen LogP contribution in [0.25, 0.3) is 22.2 Å². The molecule has 2 heterocycles. The minimum absolute atomic E-state index is 0.150. The molecule has 3 aromatic rings. The number of hydrogen-bond acceptors (Lipinski definition) is 4. The largest absolute Gasteiger partial charge is 0.351 e. The summed E-state index contributed by atoms with van der Waals surface area (Å²) in [5.74, 6) is 0.806. The van der Waals surface area contributed by atoms with E-state index < -0.39 is 0 Å². The monoisotopic (exact) mass is 346 g/mol. The van der Waals surface area contributed by atoms with Gasteiger partial charge in [-0.2, -0.15) is 0 Å². The van der Waals surface area contributed by atoms with Gasteiger partial charge in [0.2, 0.25) is 11.9 Å². The number of nitrogens with one attached hydrogen (secondary N) is 1. The van der Waals surface area contributed by atoms with Gasteiger partial charge in [0.15, 0.2) is 0 Å². The Balaban J connectivity index is 1.63. The van der Waals surface area contributed by atoms with E-state index in [1.165, 1.54) is 0 Å². The summed E-state index contributed by atoms with van der Waals surface area (Å²) in [6, 6.07) is 18.6. The van der Waals surface area contributed by atoms with Crippen LogP contribution in [0.2, 0.25) is 0 Å². The van der Waals surface area contributed by atoms with E-state index in [-0.39, 0.29) is 11.9 Å². The number of fused-ring (bicyclic) bond motifs is 1. The van der Waals surface area contributed by atoms with Crippen LogP contribution in [-0.2, 0) is 4.79 Å². The van der Waals surface area contributed by atoms with Gasteiger partial charge in [-0.25, -0.2) is 9.97 Å². The molecular weight excluding hydrogens is 324 g/mol. The van der Waals surface area contributed by atoms with Crippen LogP contribution in [0, 0.1) is 0 Å². The van der Waals surface area contributed by atoms with Crippen LogP contribution in [0.4, 0.5) is 5.95 Å². The number of carbonyl (C=O) groups is 1. The number of benzene rings is 2. The molecule has 1 aromatic heterocycles. The van der Waals surface area contributed by atoms with Gasteiger partial charge in [-0.05, 0) is 18.9 Å². The van der Waals surface area contributed by atoms with Crippen molar-refractivity contribution < 1.29 is 4.79 Å². The van der Waals surface area contributed by atoms with Crippen molar-refractivity contribution >= 4 is 22.8 Å². The van der Waals surface area contributed by atoms with E-state index in [1.807, 2.05) is 41.3 Å². The molecule has 0 radical (unpaired) electrons. The Morgan fingerprint density at radius 1 is 1.00 bits per heavy atom. The van der Waals surface area contributed by atoms with E-state index in [4.69, 9.17) is 9.97 Å². The molecule has 132 valence electrons. The topological polar surface area (TPSA) is 58.1 Å². The van der Waals surface area contributed by atoms with Crippen LogP contribution in [0.1, 0.15) is 19.8 Å². The van der Waals surface area contributed by atoms with Crippen molar-refractivity contribution in [3.63, 3.8) is 0 Å². The van der Waals surface area contributed by atoms with E-state index in [0.29, 0.717) is 5.95 Å². The number of piperidine rings is 1. The van der Waals surface area contributed by atoms with Gasteiger partial charge in [-0.3, -0.25) is 4.79 Å². The molecule has 26 heavy (non-hydrogen) atoms. The molecule has 0 atom stereocenters. The first-order chi connectivity index (χ1) is 12.7. The average Bonchev–Trinajstić information content (AvgIpc) is 2.68. The third kappa shape index (κ3) is 3.38. The maximum absolute atomic E-state index is 11.5. The molecule has 1 N–H and O–H groups in total. The Morgan fingerprint density at radius 3 is 2.42 bits per heavy atom. The van der Waals surface area contributed by atoms with Crippen molar-refractivity contribution in [2.75, 3.05) is 18.4 Å². The van der Waals surface area contributed by atoms with Crippen LogP contribution in [0.5, 0.6) is 0 Å². The number of likely N-dealkylation sites (tertiary alicyclic amines) is 1. The van der Waals surface area contributed by atoms with Crippen LogP contribution >= 0.6 is 0 Å². The Hall–Kier alpha value is -2.95. The quantitative estimate of drug-likeness (QED) is 0.785. The van der Waals surface area contributed by atoms with Gasteiger partial charge in [0.25, 0.3) is 0 Å². The van der Waals surface area contributed by atoms with Gasteiger partial charge in [0.05, 0.1) is 11.2 Å². The lowest BCUT2D eigenvalue weighted by atomic mass is 10.0. The van der Waals surface area contributed by atoms with Gasteiger partial charge in [-0.15, -0.1) is 0 Å². The molecule has 1 aliphatic heterocycles. The Labute approximate surface area is 153 Å². The highest BCUT2D eigenvalue weighted by Gasteiger charge is 2.21. The summed E-state index contributed by atoms with van der Waals surface area (Å²) in [5, 5.41) is 4.53. The first-order valence-corrected chi connectivity index (χ1v) is 9.05. The van der Waals surface area contributed by atoms with Crippen molar-refractivity contribution in [2.45, 2.75) is 25.8 Å². The van der Waals surface area contributed by atoms with Crippen LogP contribution < -0.4 is 5.32 Å². The Bertz CT molecular complexity index is 918. The molecule has 1 amide bonds. The van der Waals surface area contributed by atoms with Crippen LogP contribution in [0.3, 0.4) is 0 Å². The summed E-state index contributed by atoms with van der Waals surface area (Å²) < 4.78 is 0. The van der Waals surface area contributed by atoms with E-state index in [1.54, 1.807) is 6.92 Å². The van der Waals surface area contributed by atoms with Gasteiger partial charge < -0.3 is 10.2 Å². The average molecular weight is 346 g/mol. The molecule has 2 aromatic carbocycles. The second-order valence-electron chi connectivity index (χ2n) is 6.70. The number of amides is 1. The number of hydrogen-bond donors (Lipinski definition) is 1. The number of anilines is 1. The minimum atomic E-state index is 0.150. The van der Waals surface area contributed by atoms with Crippen molar-refractivity contribution in [1.82, 2.24) is 14.9 Å². The molecule has 5 nitrogen and oxygen atoms in total. The molecule has 0 unspecified atom stereocenters. The predicted molar refractivity (Wildman–Crippen MR) is 104 cm³/mol. The van der Waals surface area contributed by atoms with Crippen molar-refractivity contribution in [2.24, 2.45) is 0 Å². The first kappa shape index (κ1) is 16.5. The summed E-state index contributed by atoms with van der Waals surface area (Å²) in [6.07, 6.45) is 1.83. The van der Waals surface area contributed by atoms with E-state index in [2.05, 4.69) is 23.5 Å². The second-order valence-corrected chi connectivity index (χ2v) is 6.70. The number of aromatic nitrogens is 2. The lowest BCUT2D eigenvalue weighted by Gasteiger charge is -2.31. The molecule has 1 aliphatic rings. The van der Waals surface area contributed by atoms with Gasteiger partial charge >= 0.3 is 0 Å². The summed E-state index contributed by atoms with van der Waals surface area (Å²) in [5.41, 5.74) is 2.96. The number of carbonyl (C=O) groups excluding carboxylic acids is 1. The second kappa shape index (κ2) is 7.12. The van der Waals surface area contributed by atoms with Crippen molar-refractivity contribution in [3.05, 3.63) is 54.6 Å². The minimum Gasteiger partial charge on any atom is -0.351 e. The first-order valence-electron chi connectivity index (χ1n) is 9.05. The fourth-order valence-corrected chi connectivity index (χ4v) is 3.48. The zero-order valence-electron chi connectivity index (χ0n) is 14.9. The van der Waals surface area contributed by atoms with Gasteiger partial charge in [-0.1, -0.05) is 48.5 Å². The number of rotatable bonds is 3. The SMILES string of the molecule is CC(=O)N1CCC(Nc2nc(-c3ccccc3)c3ccccc3n2)CC1. The van der Waals surface area contributed by atoms with Crippen LogP contribution in [0.15, 0.2) is 54.6 Å². The number of para-hydroxylation sites is 1. The standard InChI is InChI=1S/C21H22N4O/c1-15(26)25-13-11-17(12-14-25)22-21-23-19-10-6-5-9-18(19)20(24-21)16-7-3-2-4-8-16/h2-10,17H,11-14H2,1H3,(H,22,23,24). The van der Waals surface area contributed by atoms with Crippen molar-refractivity contribution in [3.8, 4) is 11.3 Å². The maximum Gasteiger partial charge on any atom is 0.224 e. The van der Waals surface area contributed by atoms with Crippen LogP contribution in [-0.4, -0.2) is 39.9 Å². The normalized spacial score (nSPS) is 15.2. The van der Waals surface area contributed by atoms with Gasteiger partial charge in [0.1, 0.15) is 0 Å². The predicted octanol–water partition coefficient (Wildman–Crippen LogP) is 3.72. The highest BCUT2D eigenvalue weighted by Crippen LogP contribution is 2.27. The summed E-state index contributed by atoms with van der Waals surface area (Å²) in [6.45, 7) is 3.20. The third-order valence-corrected chi connectivity index (χ3v) is 4.92. The van der Waals surface area contributed by atoms with E-state index in [9.17, 15) is 4.79 Å². The molecule has 0 spiro atoms. The maximum atomic E-state index is 11.5. The molecule has 0 saturated carbocycles. The van der Waals surface area contributed by atoms with Gasteiger partial charge in [0, 0.05) is 37.0 Å². The Morgan fingerprint density at radius 2 is 1.69 bits per heavy atom.